The van der Waals surface area contributed by atoms with Gasteiger partial charge in [0.2, 0.25) is 5.91 Å². The van der Waals surface area contributed by atoms with Crippen LogP contribution in [0.15, 0.2) is 129 Å². The number of aryl methyl sites for hydroxylation is 2. The topological polar surface area (TPSA) is 193 Å². The number of pyridine rings is 1. The highest BCUT2D eigenvalue weighted by molar-refractivity contribution is 7.98. The van der Waals surface area contributed by atoms with Crippen molar-refractivity contribution in [2.45, 2.75) is 50.3 Å². The number of carbonyl (C=O) groups is 3. The summed E-state index contributed by atoms with van der Waals surface area (Å²) >= 11 is 11.0. The molecule has 0 saturated heterocycles. The smallest absolute Gasteiger partial charge is 0.252 e. The highest BCUT2D eigenvalue weighted by Gasteiger charge is 2.32. The molecule has 8 aromatic rings. The van der Waals surface area contributed by atoms with E-state index in [0.717, 1.165) is 64.8 Å². The van der Waals surface area contributed by atoms with E-state index < -0.39 is 6.04 Å². The summed E-state index contributed by atoms with van der Waals surface area (Å²) in [5, 5.41) is 31.7. The van der Waals surface area contributed by atoms with E-state index in [9.17, 15) is 14.4 Å². The summed E-state index contributed by atoms with van der Waals surface area (Å²) in [5.41, 5.74) is 8.86. The molecule has 0 radical (unpaired) electrons. The lowest BCUT2D eigenvalue weighted by Crippen LogP contribution is -2.31. The first-order chi connectivity index (χ1) is 35.9. The van der Waals surface area contributed by atoms with Gasteiger partial charge in [-0.05, 0) is 98.6 Å². The Bertz CT molecular complexity index is 3360. The first-order valence-electron chi connectivity index (χ1n) is 23.9. The van der Waals surface area contributed by atoms with Crippen molar-refractivity contribution < 1.29 is 19.1 Å². The van der Waals surface area contributed by atoms with Gasteiger partial charge in [0.1, 0.15) is 16.9 Å². The van der Waals surface area contributed by atoms with Crippen LogP contribution in [0.5, 0.6) is 0 Å². The van der Waals surface area contributed by atoms with E-state index in [1.54, 1.807) is 59.0 Å². The number of nitrogens with zero attached hydrogens (tertiary/aromatic N) is 9. The predicted molar refractivity (Wildman–Crippen MR) is 295 cm³/mol. The van der Waals surface area contributed by atoms with Crippen molar-refractivity contribution in [2.75, 3.05) is 51.8 Å². The molecule has 4 aromatic heterocycles. The van der Waals surface area contributed by atoms with E-state index >= 15 is 0 Å². The minimum absolute atomic E-state index is 0.0476. The van der Waals surface area contributed by atoms with E-state index in [-0.39, 0.29) is 50.4 Å². The molecule has 378 valence electrons. The predicted octanol–water partition coefficient (Wildman–Crippen LogP) is 10.5. The van der Waals surface area contributed by atoms with Gasteiger partial charge in [0, 0.05) is 106 Å². The molecule has 20 heteroatoms. The monoisotopic (exact) mass is 1060 g/mol. The minimum Gasteiger partial charge on any atom is -0.378 e. The number of thiophene rings is 1. The number of hydrogen-bond donors (Lipinski definition) is 3. The lowest BCUT2D eigenvalue weighted by Gasteiger charge is -2.13. The van der Waals surface area contributed by atoms with Crippen molar-refractivity contribution in [1.82, 2.24) is 40.7 Å². The second kappa shape index (κ2) is 23.8. The van der Waals surface area contributed by atoms with Gasteiger partial charge in [-0.3, -0.25) is 28.9 Å². The van der Waals surface area contributed by atoms with Crippen LogP contribution >= 0.6 is 46.0 Å². The fraction of sp³-hybridized carbons (Fsp3) is 0.259. The number of thiazole rings is 1. The zero-order valence-electron chi connectivity index (χ0n) is 41.4. The molecule has 0 fully saturated rings. The molecule has 1 atom stereocenters. The van der Waals surface area contributed by atoms with Gasteiger partial charge in [-0.2, -0.15) is 10.2 Å². The maximum Gasteiger partial charge on any atom is 0.252 e. The quantitative estimate of drug-likeness (QED) is 0.0376. The van der Waals surface area contributed by atoms with Crippen LogP contribution < -0.4 is 20.9 Å². The van der Waals surface area contributed by atoms with Crippen molar-refractivity contribution >= 4 is 97.4 Å². The largest absolute Gasteiger partial charge is 0.378 e. The van der Waals surface area contributed by atoms with Gasteiger partial charge in [-0.1, -0.05) is 35.9 Å². The molecule has 1 aliphatic heterocycles. The third-order valence-corrected chi connectivity index (χ3v) is 15.6. The van der Waals surface area contributed by atoms with Gasteiger partial charge in [0.15, 0.2) is 5.82 Å². The number of benzene rings is 4. The highest BCUT2D eigenvalue weighted by Crippen LogP contribution is 2.40. The first-order valence-corrected chi connectivity index (χ1v) is 26.9. The van der Waals surface area contributed by atoms with Gasteiger partial charge < -0.3 is 25.6 Å². The fourth-order valence-corrected chi connectivity index (χ4v) is 11.2. The highest BCUT2D eigenvalue weighted by atomic mass is 35.5. The molecule has 3 amide bonds. The van der Waals surface area contributed by atoms with Crippen LogP contribution in [0.25, 0.3) is 15.9 Å². The van der Waals surface area contributed by atoms with Crippen molar-refractivity contribution in [3.8, 4) is 5.00 Å². The van der Waals surface area contributed by atoms with E-state index in [4.69, 9.17) is 26.3 Å². The number of fused-ring (bicyclic) bond motifs is 4. The number of amides is 3. The number of aliphatic imine (C=N–C) groups is 1. The minimum atomic E-state index is -0.599. The van der Waals surface area contributed by atoms with Gasteiger partial charge in [0.05, 0.1) is 52.8 Å². The first kappa shape index (κ1) is 51.7. The molecule has 1 aliphatic rings. The Morgan fingerprint density at radius 2 is 1.51 bits per heavy atom. The number of ether oxygens (including phenoxy) is 1. The van der Waals surface area contributed by atoms with Gasteiger partial charge >= 0.3 is 0 Å². The molecule has 16 nitrogen and oxygen atoms in total. The van der Waals surface area contributed by atoms with Crippen LogP contribution in [-0.2, 0) is 21.7 Å². The lowest BCUT2D eigenvalue weighted by molar-refractivity contribution is -0.121. The summed E-state index contributed by atoms with van der Waals surface area (Å²) in [4.78, 5) is 58.7. The Hall–Kier alpha value is -7.16. The average molecular weight is 1070 g/mol. The van der Waals surface area contributed by atoms with Crippen molar-refractivity contribution in [1.29, 1.82) is 0 Å². The summed E-state index contributed by atoms with van der Waals surface area (Å²) in [6.07, 6.45) is 3.98. The molecule has 0 spiro atoms. The Balaban J connectivity index is 0.811. The number of rotatable bonds is 20. The van der Waals surface area contributed by atoms with Crippen LogP contribution in [0, 0.1) is 20.8 Å². The Morgan fingerprint density at radius 3 is 2.23 bits per heavy atom. The second-order valence-corrected chi connectivity index (χ2v) is 21.2. The number of azo groups is 1. The summed E-state index contributed by atoms with van der Waals surface area (Å²) in [6, 6.07) is 28.0. The zero-order chi connectivity index (χ0) is 51.7. The molecule has 74 heavy (non-hydrogen) atoms. The Kier molecular flexibility index (Phi) is 16.6. The summed E-state index contributed by atoms with van der Waals surface area (Å²) in [5.74, 6) is 1.12. The molecule has 4 aromatic carbocycles. The third kappa shape index (κ3) is 12.4. The van der Waals surface area contributed by atoms with Crippen LogP contribution in [0.1, 0.15) is 77.0 Å². The maximum absolute atomic E-state index is 13.7. The number of halogens is 1. The average Bonchev–Trinajstić information content (AvgIpc) is 4.12. The number of anilines is 1. The normalized spacial score (nSPS) is 13.1. The number of thioether (sulfide) groups is 1. The van der Waals surface area contributed by atoms with Gasteiger partial charge in [-0.15, -0.1) is 44.6 Å². The third-order valence-electron chi connectivity index (χ3n) is 12.2. The number of carbonyl (C=O) groups excluding carboxylic acids is 3. The second-order valence-electron chi connectivity index (χ2n) is 17.6. The molecule has 3 N–H and O–H groups in total. The van der Waals surface area contributed by atoms with Crippen LogP contribution in [-0.4, -0.2) is 95.1 Å². The van der Waals surface area contributed by atoms with Crippen molar-refractivity contribution in [3.05, 3.63) is 169 Å². The Morgan fingerprint density at radius 1 is 0.824 bits per heavy atom. The molecule has 0 bridgehead atoms. The van der Waals surface area contributed by atoms with E-state index in [0.29, 0.717) is 57.4 Å². The standard InChI is InChI=1S/C54H53ClN12O4S3/c1-32-33(2)74-54-48(32)50(36-8-10-40(55)11-9-36)61-44(51-65-62-34(3)67(51)54)29-46(68)56-20-23-71-24-21-59-52(69)38-26-37-27-39(53(70)58-19-18-47-57-22-25-72-47)30-60-49(37)45(28-38)73-31-35-6-12-41(13-7-35)63-64-42-14-16-43(17-15-42)66(4)5/h6-17,22,25-28,30,44H,18-21,23-24,29,31H2,1-5H3,(H,56,68)(H,58,70)(H,59,69)/t44-/m0/s1. The van der Waals surface area contributed by atoms with Gasteiger partial charge in [-0.25, -0.2) is 4.98 Å². The molecule has 9 rings (SSSR count). The van der Waals surface area contributed by atoms with Crippen molar-refractivity contribution in [2.24, 2.45) is 15.2 Å². The van der Waals surface area contributed by atoms with Crippen LogP contribution in [0.3, 0.4) is 0 Å². The molecule has 0 unspecified atom stereocenters. The summed E-state index contributed by atoms with van der Waals surface area (Å²) < 4.78 is 7.87. The molecule has 0 aliphatic carbocycles. The van der Waals surface area contributed by atoms with E-state index in [1.807, 2.05) is 115 Å². The summed E-state index contributed by atoms with van der Waals surface area (Å²) in [6.45, 7) is 7.42. The lowest BCUT2D eigenvalue weighted by atomic mass is 9.99. The van der Waals surface area contributed by atoms with E-state index in [2.05, 4.69) is 55.2 Å². The zero-order valence-corrected chi connectivity index (χ0v) is 44.6. The molecule has 5 heterocycles. The SMILES string of the molecule is Cc1sc2c(c1C)C(c1ccc(Cl)cc1)=N[C@@H](CC(=O)NCCOCCNC(=O)c1cc(SCc3ccc(N=Nc4ccc(N(C)C)cc4)cc3)c3ncc(C(=O)NCCc4nccs4)cc3c1)c1nnc(C)n1-2. The summed E-state index contributed by atoms with van der Waals surface area (Å²) in [7, 11) is 3.98. The number of nitrogens with one attached hydrogen (secondary N) is 3. The molecule has 0 saturated carbocycles. The van der Waals surface area contributed by atoms with Crippen LogP contribution in [0.2, 0.25) is 5.02 Å². The van der Waals surface area contributed by atoms with E-state index in [1.165, 1.54) is 0 Å². The van der Waals surface area contributed by atoms with Crippen molar-refractivity contribution in [3.63, 3.8) is 0 Å². The van der Waals surface area contributed by atoms with Crippen LogP contribution in [0.4, 0.5) is 17.1 Å². The van der Waals surface area contributed by atoms with Gasteiger partial charge in [0.25, 0.3) is 11.8 Å². The molecular weight excluding hydrogens is 1010 g/mol. The fourth-order valence-electron chi connectivity index (χ4n) is 8.18. The molecular formula is C54H53ClN12O4S3. The number of aromatic nitrogens is 5. The number of hydrogen-bond acceptors (Lipinski definition) is 15. The maximum atomic E-state index is 13.7. The Labute approximate surface area is 445 Å².